The highest BCUT2D eigenvalue weighted by Crippen LogP contribution is 2.18. The largest absolute Gasteiger partial charge is 0.492 e. The zero-order chi connectivity index (χ0) is 15.2. The van der Waals surface area contributed by atoms with Crippen LogP contribution in [0, 0.1) is 11.6 Å². The lowest BCUT2D eigenvalue weighted by atomic mass is 10.1. The summed E-state index contributed by atoms with van der Waals surface area (Å²) in [5.74, 6) is -0.999. The Kier molecular flexibility index (Phi) is 5.53. The standard InChI is InChI=1S/C16H16ClF2NO/c1-20-13(8-11-4-2-7-15(18)16(11)19)10-21-14-6-3-5-12(17)9-14/h2-7,9,13,20H,8,10H2,1H3. The molecule has 21 heavy (non-hydrogen) atoms. The molecule has 1 unspecified atom stereocenters. The minimum absolute atomic E-state index is 0.139. The van der Waals surface area contributed by atoms with E-state index in [1.807, 2.05) is 0 Å². The third-order valence-corrected chi connectivity index (χ3v) is 3.39. The van der Waals surface area contributed by atoms with E-state index < -0.39 is 11.6 Å². The molecule has 0 aliphatic rings. The molecule has 112 valence electrons. The summed E-state index contributed by atoms with van der Waals surface area (Å²) in [5.41, 5.74) is 0.323. The van der Waals surface area contributed by atoms with Crippen molar-refractivity contribution in [1.82, 2.24) is 5.32 Å². The summed E-state index contributed by atoms with van der Waals surface area (Å²) in [4.78, 5) is 0. The Morgan fingerprint density at radius 3 is 2.67 bits per heavy atom. The highest BCUT2D eigenvalue weighted by atomic mass is 35.5. The van der Waals surface area contributed by atoms with Crippen LogP contribution in [0.1, 0.15) is 5.56 Å². The SMILES string of the molecule is CNC(COc1cccc(Cl)c1)Cc1cccc(F)c1F. The van der Waals surface area contributed by atoms with E-state index in [9.17, 15) is 8.78 Å². The van der Waals surface area contributed by atoms with Crippen molar-refractivity contribution < 1.29 is 13.5 Å². The van der Waals surface area contributed by atoms with E-state index in [2.05, 4.69) is 5.32 Å². The van der Waals surface area contributed by atoms with Gasteiger partial charge in [-0.15, -0.1) is 0 Å². The second-order valence-corrected chi connectivity index (χ2v) is 5.11. The van der Waals surface area contributed by atoms with E-state index >= 15 is 0 Å². The van der Waals surface area contributed by atoms with Gasteiger partial charge in [0.1, 0.15) is 12.4 Å². The summed E-state index contributed by atoms with van der Waals surface area (Å²) in [7, 11) is 1.75. The second-order valence-electron chi connectivity index (χ2n) is 4.67. The van der Waals surface area contributed by atoms with Gasteiger partial charge in [-0.2, -0.15) is 0 Å². The van der Waals surface area contributed by atoms with Crippen molar-refractivity contribution >= 4 is 11.6 Å². The fraction of sp³-hybridized carbons (Fsp3) is 0.250. The second kappa shape index (κ2) is 7.38. The number of ether oxygens (including phenoxy) is 1. The first-order valence-electron chi connectivity index (χ1n) is 6.58. The van der Waals surface area contributed by atoms with E-state index in [4.69, 9.17) is 16.3 Å². The molecule has 0 aliphatic carbocycles. The summed E-state index contributed by atoms with van der Waals surface area (Å²) < 4.78 is 32.5. The molecule has 0 bridgehead atoms. The zero-order valence-electron chi connectivity index (χ0n) is 11.6. The quantitative estimate of drug-likeness (QED) is 0.875. The maximum atomic E-state index is 13.7. The van der Waals surface area contributed by atoms with Gasteiger partial charge in [-0.1, -0.05) is 29.8 Å². The molecule has 2 nitrogen and oxygen atoms in total. The van der Waals surface area contributed by atoms with Gasteiger partial charge in [0.2, 0.25) is 0 Å². The van der Waals surface area contributed by atoms with Crippen LogP contribution in [0.25, 0.3) is 0 Å². The molecule has 0 saturated heterocycles. The molecule has 1 atom stereocenters. The summed E-state index contributed by atoms with van der Waals surface area (Å²) >= 11 is 5.88. The molecule has 0 aliphatic heterocycles. The predicted molar refractivity (Wildman–Crippen MR) is 79.9 cm³/mol. The van der Waals surface area contributed by atoms with Crippen LogP contribution in [0.4, 0.5) is 8.78 Å². The number of rotatable bonds is 6. The Bertz CT molecular complexity index is 607. The third-order valence-electron chi connectivity index (χ3n) is 3.15. The van der Waals surface area contributed by atoms with Crippen molar-refractivity contribution in [3.05, 3.63) is 64.7 Å². The Morgan fingerprint density at radius 1 is 1.19 bits per heavy atom. The lowest BCUT2D eigenvalue weighted by molar-refractivity contribution is 0.268. The average molecular weight is 312 g/mol. The van der Waals surface area contributed by atoms with Crippen LogP contribution >= 0.6 is 11.6 Å². The lowest BCUT2D eigenvalue weighted by Crippen LogP contribution is -2.34. The van der Waals surface area contributed by atoms with E-state index in [0.29, 0.717) is 29.4 Å². The van der Waals surface area contributed by atoms with Gasteiger partial charge < -0.3 is 10.1 Å². The molecule has 2 rings (SSSR count). The first-order valence-corrected chi connectivity index (χ1v) is 6.96. The third kappa shape index (κ3) is 4.41. The Morgan fingerprint density at radius 2 is 1.95 bits per heavy atom. The fourth-order valence-corrected chi connectivity index (χ4v) is 2.15. The topological polar surface area (TPSA) is 21.3 Å². The number of nitrogens with one attached hydrogen (secondary N) is 1. The van der Waals surface area contributed by atoms with Crippen LogP contribution in [-0.4, -0.2) is 19.7 Å². The molecule has 2 aromatic rings. The van der Waals surface area contributed by atoms with Gasteiger partial charge in [0.15, 0.2) is 11.6 Å². The molecule has 5 heteroatoms. The van der Waals surface area contributed by atoms with Crippen molar-refractivity contribution in [2.45, 2.75) is 12.5 Å². The van der Waals surface area contributed by atoms with Gasteiger partial charge in [-0.25, -0.2) is 8.78 Å². The summed E-state index contributed by atoms with van der Waals surface area (Å²) in [6.07, 6.45) is 0.334. The van der Waals surface area contributed by atoms with E-state index in [0.717, 1.165) is 6.07 Å². The van der Waals surface area contributed by atoms with Gasteiger partial charge in [0, 0.05) is 11.1 Å². The van der Waals surface area contributed by atoms with Crippen LogP contribution in [0.2, 0.25) is 5.02 Å². The van der Waals surface area contributed by atoms with Crippen LogP contribution in [0.5, 0.6) is 5.75 Å². The Balaban J connectivity index is 1.99. The molecule has 0 spiro atoms. The van der Waals surface area contributed by atoms with Gasteiger partial charge in [0.05, 0.1) is 0 Å². The summed E-state index contributed by atoms with van der Waals surface area (Å²) in [6.45, 7) is 0.326. The van der Waals surface area contributed by atoms with Crippen LogP contribution < -0.4 is 10.1 Å². The van der Waals surface area contributed by atoms with Crippen molar-refractivity contribution in [1.29, 1.82) is 0 Å². The predicted octanol–water partition coefficient (Wildman–Crippen LogP) is 3.83. The van der Waals surface area contributed by atoms with Crippen molar-refractivity contribution in [3.8, 4) is 5.75 Å². The molecule has 0 aromatic heterocycles. The normalized spacial score (nSPS) is 12.2. The highest BCUT2D eigenvalue weighted by Gasteiger charge is 2.14. The minimum Gasteiger partial charge on any atom is -0.492 e. The molecule has 0 fully saturated rings. The molecule has 2 aromatic carbocycles. The van der Waals surface area contributed by atoms with Gasteiger partial charge in [-0.05, 0) is 43.3 Å². The first kappa shape index (κ1) is 15.7. The van der Waals surface area contributed by atoms with Gasteiger partial charge in [-0.3, -0.25) is 0 Å². The lowest BCUT2D eigenvalue weighted by Gasteiger charge is -2.17. The minimum atomic E-state index is -0.835. The summed E-state index contributed by atoms with van der Waals surface area (Å²) in [6, 6.07) is 11.1. The number of benzene rings is 2. The molecular weight excluding hydrogens is 296 g/mol. The number of hydrogen-bond acceptors (Lipinski definition) is 2. The van der Waals surface area contributed by atoms with Crippen molar-refractivity contribution in [2.75, 3.05) is 13.7 Å². The fourth-order valence-electron chi connectivity index (χ4n) is 1.97. The molecule has 0 heterocycles. The Hall–Kier alpha value is -1.65. The summed E-state index contributed by atoms with van der Waals surface area (Å²) in [5, 5.41) is 3.62. The first-order chi connectivity index (χ1) is 10.1. The molecule has 1 N–H and O–H groups in total. The highest BCUT2D eigenvalue weighted by molar-refractivity contribution is 6.30. The number of likely N-dealkylation sites (N-methyl/N-ethyl adjacent to an activating group) is 1. The smallest absolute Gasteiger partial charge is 0.162 e. The van der Waals surface area contributed by atoms with E-state index in [1.54, 1.807) is 37.4 Å². The monoisotopic (exact) mass is 311 g/mol. The van der Waals surface area contributed by atoms with Crippen molar-refractivity contribution in [2.24, 2.45) is 0 Å². The molecule has 0 saturated carbocycles. The van der Waals surface area contributed by atoms with Crippen LogP contribution in [0.15, 0.2) is 42.5 Å². The maximum absolute atomic E-state index is 13.7. The number of hydrogen-bond donors (Lipinski definition) is 1. The number of halogens is 3. The van der Waals surface area contributed by atoms with E-state index in [1.165, 1.54) is 6.07 Å². The van der Waals surface area contributed by atoms with Crippen LogP contribution in [-0.2, 0) is 6.42 Å². The van der Waals surface area contributed by atoms with Gasteiger partial charge >= 0.3 is 0 Å². The zero-order valence-corrected chi connectivity index (χ0v) is 12.3. The molecule has 0 amide bonds. The Labute approximate surface area is 127 Å². The van der Waals surface area contributed by atoms with E-state index in [-0.39, 0.29) is 6.04 Å². The molecule has 0 radical (unpaired) electrons. The van der Waals surface area contributed by atoms with Crippen LogP contribution in [0.3, 0.4) is 0 Å². The maximum Gasteiger partial charge on any atom is 0.162 e. The average Bonchev–Trinajstić information content (AvgIpc) is 2.48. The van der Waals surface area contributed by atoms with Crippen molar-refractivity contribution in [3.63, 3.8) is 0 Å². The molecular formula is C16H16ClF2NO. The van der Waals surface area contributed by atoms with Gasteiger partial charge in [0.25, 0.3) is 0 Å².